The van der Waals surface area contributed by atoms with Gasteiger partial charge in [0.2, 0.25) is 0 Å². The molecular weight excluding hydrogens is 224 g/mol. The fourth-order valence-corrected chi connectivity index (χ4v) is 1.78. The van der Waals surface area contributed by atoms with E-state index in [1.165, 1.54) is 5.56 Å². The van der Waals surface area contributed by atoms with Crippen molar-refractivity contribution in [2.24, 2.45) is 0 Å². The van der Waals surface area contributed by atoms with Gasteiger partial charge >= 0.3 is 0 Å². The van der Waals surface area contributed by atoms with Gasteiger partial charge in [-0.3, -0.25) is 0 Å². The summed E-state index contributed by atoms with van der Waals surface area (Å²) in [5, 5.41) is 0. The van der Waals surface area contributed by atoms with Crippen molar-refractivity contribution < 1.29 is 9.47 Å². The molecule has 0 aliphatic heterocycles. The fraction of sp³-hybridized carbons (Fsp3) is 0.250. The first-order valence-electron chi connectivity index (χ1n) is 6.22. The van der Waals surface area contributed by atoms with Gasteiger partial charge < -0.3 is 9.47 Å². The summed E-state index contributed by atoms with van der Waals surface area (Å²) in [6.07, 6.45) is 0.967. The minimum Gasteiger partial charge on any atom is -0.467 e. The van der Waals surface area contributed by atoms with Crippen LogP contribution in [0.1, 0.15) is 18.1 Å². The van der Waals surface area contributed by atoms with Gasteiger partial charge in [-0.2, -0.15) is 0 Å². The average molecular weight is 242 g/mol. The molecule has 0 atom stereocenters. The summed E-state index contributed by atoms with van der Waals surface area (Å²) in [6.45, 7) is 2.98. The predicted octanol–water partition coefficient (Wildman–Crippen LogP) is 3.80. The zero-order valence-electron chi connectivity index (χ0n) is 10.6. The highest BCUT2D eigenvalue weighted by Gasteiger charge is 2.00. The minimum absolute atomic E-state index is 0.284. The third-order valence-electron chi connectivity index (χ3n) is 2.76. The molecule has 0 bridgehead atoms. The van der Waals surface area contributed by atoms with Crippen molar-refractivity contribution in [3.05, 3.63) is 65.7 Å². The Morgan fingerprint density at radius 2 is 1.61 bits per heavy atom. The van der Waals surface area contributed by atoms with Crippen molar-refractivity contribution in [3.63, 3.8) is 0 Å². The molecule has 0 aromatic heterocycles. The molecule has 0 heterocycles. The van der Waals surface area contributed by atoms with Gasteiger partial charge in [0.25, 0.3) is 0 Å². The third-order valence-corrected chi connectivity index (χ3v) is 2.76. The second-order valence-corrected chi connectivity index (χ2v) is 4.06. The Hall–Kier alpha value is -1.80. The van der Waals surface area contributed by atoms with Gasteiger partial charge in [0.05, 0.1) is 6.61 Å². The zero-order valence-corrected chi connectivity index (χ0v) is 10.6. The number of para-hydroxylation sites is 1. The van der Waals surface area contributed by atoms with Crippen molar-refractivity contribution in [3.8, 4) is 5.75 Å². The Morgan fingerprint density at radius 1 is 0.889 bits per heavy atom. The second-order valence-electron chi connectivity index (χ2n) is 4.06. The molecule has 2 nitrogen and oxygen atoms in total. The minimum atomic E-state index is 0.284. The highest BCUT2D eigenvalue weighted by Crippen LogP contribution is 2.18. The number of hydrogen-bond acceptors (Lipinski definition) is 2. The van der Waals surface area contributed by atoms with E-state index in [-0.39, 0.29) is 6.79 Å². The van der Waals surface area contributed by atoms with Crippen LogP contribution >= 0.6 is 0 Å². The predicted molar refractivity (Wildman–Crippen MR) is 72.5 cm³/mol. The number of rotatable bonds is 6. The van der Waals surface area contributed by atoms with E-state index in [0.29, 0.717) is 6.61 Å². The van der Waals surface area contributed by atoms with Crippen LogP contribution in [0.5, 0.6) is 5.75 Å². The summed E-state index contributed by atoms with van der Waals surface area (Å²) in [4.78, 5) is 0. The normalized spacial score (nSPS) is 10.3. The molecule has 0 unspecified atom stereocenters. The van der Waals surface area contributed by atoms with Gasteiger partial charge in [0.1, 0.15) is 5.75 Å². The number of aryl methyl sites for hydroxylation is 1. The van der Waals surface area contributed by atoms with Gasteiger partial charge in [0.15, 0.2) is 6.79 Å². The van der Waals surface area contributed by atoms with Gasteiger partial charge in [-0.05, 0) is 23.6 Å². The Balaban J connectivity index is 1.78. The lowest BCUT2D eigenvalue weighted by Crippen LogP contribution is -2.04. The number of hydrogen-bond donors (Lipinski definition) is 0. The molecule has 0 aliphatic rings. The molecule has 0 amide bonds. The van der Waals surface area contributed by atoms with Crippen LogP contribution in [-0.4, -0.2) is 6.79 Å². The summed E-state index contributed by atoms with van der Waals surface area (Å²) in [6, 6.07) is 18.1. The lowest BCUT2D eigenvalue weighted by atomic mass is 10.1. The van der Waals surface area contributed by atoms with E-state index in [1.807, 2.05) is 48.5 Å². The van der Waals surface area contributed by atoms with E-state index < -0.39 is 0 Å². The Kier molecular flexibility index (Phi) is 4.79. The number of ether oxygens (including phenoxy) is 2. The molecule has 2 heteroatoms. The molecule has 0 N–H and O–H groups in total. The summed E-state index contributed by atoms with van der Waals surface area (Å²) >= 11 is 0. The number of benzene rings is 2. The lowest BCUT2D eigenvalue weighted by Gasteiger charge is -2.10. The highest BCUT2D eigenvalue weighted by molar-refractivity contribution is 5.32. The molecule has 0 fully saturated rings. The summed E-state index contributed by atoms with van der Waals surface area (Å²) in [5.74, 6) is 0.910. The maximum Gasteiger partial charge on any atom is 0.189 e. The largest absolute Gasteiger partial charge is 0.467 e. The Bertz CT molecular complexity index is 466. The van der Waals surface area contributed by atoms with E-state index in [9.17, 15) is 0 Å². The van der Waals surface area contributed by atoms with Crippen LogP contribution in [-0.2, 0) is 17.8 Å². The van der Waals surface area contributed by atoms with Crippen LogP contribution in [0.4, 0.5) is 0 Å². The summed E-state index contributed by atoms with van der Waals surface area (Å²) in [7, 11) is 0. The van der Waals surface area contributed by atoms with Crippen LogP contribution in [0.2, 0.25) is 0 Å². The zero-order chi connectivity index (χ0) is 12.6. The van der Waals surface area contributed by atoms with Crippen LogP contribution in [0, 0.1) is 0 Å². The van der Waals surface area contributed by atoms with E-state index in [0.717, 1.165) is 17.7 Å². The highest BCUT2D eigenvalue weighted by atomic mass is 16.7. The maximum atomic E-state index is 5.63. The van der Waals surface area contributed by atoms with Crippen LogP contribution in [0.25, 0.3) is 0 Å². The molecule has 94 valence electrons. The van der Waals surface area contributed by atoms with Crippen molar-refractivity contribution >= 4 is 0 Å². The molecule has 0 saturated heterocycles. The van der Waals surface area contributed by atoms with Gasteiger partial charge in [-0.15, -0.1) is 0 Å². The molecule has 0 saturated carbocycles. The van der Waals surface area contributed by atoms with Crippen LogP contribution < -0.4 is 4.74 Å². The molecule has 2 aromatic carbocycles. The van der Waals surface area contributed by atoms with E-state index in [4.69, 9.17) is 9.47 Å². The van der Waals surface area contributed by atoms with E-state index in [2.05, 4.69) is 13.0 Å². The summed E-state index contributed by atoms with van der Waals surface area (Å²) < 4.78 is 11.1. The van der Waals surface area contributed by atoms with Crippen molar-refractivity contribution in [1.82, 2.24) is 0 Å². The molecule has 0 radical (unpaired) electrons. The molecule has 2 rings (SSSR count). The smallest absolute Gasteiger partial charge is 0.189 e. The van der Waals surface area contributed by atoms with Crippen LogP contribution in [0.3, 0.4) is 0 Å². The van der Waals surface area contributed by atoms with Gasteiger partial charge in [-0.25, -0.2) is 0 Å². The SMILES string of the molecule is CCc1ccccc1OCOCc1ccccc1. The first-order chi connectivity index (χ1) is 8.90. The molecular formula is C16H18O2. The average Bonchev–Trinajstić information content (AvgIpc) is 2.45. The van der Waals surface area contributed by atoms with Gasteiger partial charge in [0, 0.05) is 0 Å². The third kappa shape index (κ3) is 3.60. The van der Waals surface area contributed by atoms with E-state index in [1.54, 1.807) is 0 Å². The summed E-state index contributed by atoms with van der Waals surface area (Å²) in [5.41, 5.74) is 2.37. The van der Waals surface area contributed by atoms with Crippen molar-refractivity contribution in [1.29, 1.82) is 0 Å². The molecule has 2 aromatic rings. The topological polar surface area (TPSA) is 18.5 Å². The monoisotopic (exact) mass is 242 g/mol. The van der Waals surface area contributed by atoms with Crippen molar-refractivity contribution in [2.45, 2.75) is 20.0 Å². The van der Waals surface area contributed by atoms with Crippen LogP contribution in [0.15, 0.2) is 54.6 Å². The Labute approximate surface area is 108 Å². The molecule has 0 aliphatic carbocycles. The molecule has 18 heavy (non-hydrogen) atoms. The maximum absolute atomic E-state index is 5.63. The quantitative estimate of drug-likeness (QED) is 0.566. The fourth-order valence-electron chi connectivity index (χ4n) is 1.78. The standard InChI is InChI=1S/C16H18O2/c1-2-15-10-6-7-11-16(15)18-13-17-12-14-8-4-3-5-9-14/h3-11H,2,12-13H2,1H3. The first-order valence-corrected chi connectivity index (χ1v) is 6.22. The van der Waals surface area contributed by atoms with Crippen molar-refractivity contribution in [2.75, 3.05) is 6.79 Å². The van der Waals surface area contributed by atoms with Gasteiger partial charge in [-0.1, -0.05) is 55.5 Å². The first kappa shape index (κ1) is 12.7. The second kappa shape index (κ2) is 6.82. The molecule has 0 spiro atoms. The Morgan fingerprint density at radius 3 is 2.39 bits per heavy atom. The lowest BCUT2D eigenvalue weighted by molar-refractivity contribution is 0.00457. The van der Waals surface area contributed by atoms with E-state index >= 15 is 0 Å².